The number of amides is 1. The van der Waals surface area contributed by atoms with Gasteiger partial charge in [-0.05, 0) is 36.4 Å². The van der Waals surface area contributed by atoms with Crippen LogP contribution in [0, 0.1) is 5.82 Å². The van der Waals surface area contributed by atoms with Crippen molar-refractivity contribution < 1.29 is 27.1 Å². The molecule has 0 aliphatic heterocycles. The Morgan fingerprint density at radius 2 is 1.78 bits per heavy atom. The van der Waals surface area contributed by atoms with Crippen LogP contribution in [0.2, 0.25) is 0 Å². The van der Waals surface area contributed by atoms with Crippen molar-refractivity contribution in [1.82, 2.24) is 0 Å². The number of rotatable bonds is 8. The zero-order valence-electron chi connectivity index (χ0n) is 15.2. The van der Waals surface area contributed by atoms with Gasteiger partial charge in [0, 0.05) is 24.7 Å². The van der Waals surface area contributed by atoms with E-state index in [0.717, 1.165) is 10.6 Å². The Balaban J connectivity index is 2.18. The zero-order chi connectivity index (χ0) is 20.0. The summed E-state index contributed by atoms with van der Waals surface area (Å²) in [5.74, 6) is -0.0335. The van der Waals surface area contributed by atoms with Crippen LogP contribution in [-0.2, 0) is 14.8 Å². The van der Waals surface area contributed by atoms with E-state index in [9.17, 15) is 17.6 Å². The number of hydrogen-bond acceptors (Lipinski definition) is 5. The number of carbonyl (C=O) groups excluding carboxylic acids is 1. The first-order chi connectivity index (χ1) is 12.7. The number of carbonyl (C=O) groups is 1. The monoisotopic (exact) mass is 396 g/mol. The van der Waals surface area contributed by atoms with Crippen molar-refractivity contribution in [2.75, 3.05) is 36.6 Å². The van der Waals surface area contributed by atoms with Crippen molar-refractivity contribution in [3.8, 4) is 11.5 Å². The first-order valence-electron chi connectivity index (χ1n) is 7.99. The number of sulfonamides is 1. The van der Waals surface area contributed by atoms with E-state index in [2.05, 4.69) is 5.32 Å². The van der Waals surface area contributed by atoms with Crippen LogP contribution in [0.25, 0.3) is 0 Å². The van der Waals surface area contributed by atoms with E-state index in [-0.39, 0.29) is 18.7 Å². The summed E-state index contributed by atoms with van der Waals surface area (Å²) in [5.41, 5.74) is 0.695. The first-order valence-corrected chi connectivity index (χ1v) is 9.84. The molecular formula is C18H21FN2O5S. The Labute approximate surface area is 157 Å². The second-order valence-electron chi connectivity index (χ2n) is 5.68. The Bertz CT molecular complexity index is 900. The topological polar surface area (TPSA) is 84.9 Å². The molecule has 0 fully saturated rings. The number of nitrogens with one attached hydrogen (secondary N) is 1. The zero-order valence-corrected chi connectivity index (χ0v) is 16.0. The summed E-state index contributed by atoms with van der Waals surface area (Å²) in [4.78, 5) is 12.2. The number of anilines is 2. The Kier molecular flexibility index (Phi) is 6.62. The van der Waals surface area contributed by atoms with E-state index in [1.54, 1.807) is 12.1 Å². The molecule has 7 nitrogen and oxygen atoms in total. The van der Waals surface area contributed by atoms with Gasteiger partial charge in [-0.1, -0.05) is 0 Å². The van der Waals surface area contributed by atoms with Gasteiger partial charge < -0.3 is 14.8 Å². The van der Waals surface area contributed by atoms with Gasteiger partial charge in [0.25, 0.3) is 0 Å². The summed E-state index contributed by atoms with van der Waals surface area (Å²) in [6.07, 6.45) is 0.939. The summed E-state index contributed by atoms with van der Waals surface area (Å²) in [6.45, 7) is -0.102. The summed E-state index contributed by atoms with van der Waals surface area (Å²) in [5, 5.41) is 2.60. The number of nitrogens with zero attached hydrogens (tertiary/aromatic N) is 1. The van der Waals surface area contributed by atoms with Crippen molar-refractivity contribution in [3.05, 3.63) is 48.3 Å². The van der Waals surface area contributed by atoms with E-state index < -0.39 is 21.7 Å². The highest BCUT2D eigenvalue weighted by molar-refractivity contribution is 7.92. The fraction of sp³-hybridized carbons (Fsp3) is 0.278. The molecule has 146 valence electrons. The van der Waals surface area contributed by atoms with Gasteiger partial charge in [0.05, 0.1) is 26.2 Å². The van der Waals surface area contributed by atoms with Gasteiger partial charge in [0.2, 0.25) is 15.9 Å². The molecule has 9 heteroatoms. The predicted octanol–water partition coefficient (Wildman–Crippen LogP) is 2.64. The molecular weight excluding hydrogens is 375 g/mol. The molecule has 0 atom stereocenters. The molecule has 0 saturated carbocycles. The minimum atomic E-state index is -3.68. The first kappa shape index (κ1) is 20.5. The maximum Gasteiger partial charge on any atom is 0.232 e. The lowest BCUT2D eigenvalue weighted by Gasteiger charge is -2.24. The molecule has 0 aliphatic carbocycles. The number of ether oxygens (including phenoxy) is 2. The largest absolute Gasteiger partial charge is 0.497 e. The molecule has 0 aliphatic rings. The van der Waals surface area contributed by atoms with E-state index in [4.69, 9.17) is 9.47 Å². The Morgan fingerprint density at radius 3 is 2.33 bits per heavy atom. The van der Waals surface area contributed by atoms with E-state index in [0.29, 0.717) is 17.2 Å². The molecule has 1 amide bonds. The molecule has 1 N–H and O–H groups in total. The van der Waals surface area contributed by atoms with Crippen LogP contribution in [0.4, 0.5) is 15.8 Å². The normalized spacial score (nSPS) is 11.0. The second kappa shape index (κ2) is 8.72. The number of hydrogen-bond donors (Lipinski definition) is 1. The average Bonchev–Trinajstić information content (AvgIpc) is 2.62. The van der Waals surface area contributed by atoms with Crippen LogP contribution in [0.5, 0.6) is 11.5 Å². The fourth-order valence-electron chi connectivity index (χ4n) is 2.42. The quantitative estimate of drug-likeness (QED) is 0.742. The van der Waals surface area contributed by atoms with Gasteiger partial charge in [0.15, 0.2) is 0 Å². The van der Waals surface area contributed by atoms with Crippen LogP contribution < -0.4 is 19.1 Å². The minimum absolute atomic E-state index is 0.102. The van der Waals surface area contributed by atoms with Crippen LogP contribution >= 0.6 is 0 Å². The molecule has 2 rings (SSSR count). The van der Waals surface area contributed by atoms with Crippen molar-refractivity contribution in [3.63, 3.8) is 0 Å². The standard InChI is InChI=1S/C18H21FN2O5S/c1-25-15-8-9-17(26-2)16(12-15)21(27(3,23)24)11-10-18(22)20-14-6-4-13(19)5-7-14/h4-9,12H,10-11H2,1-3H3,(H,20,22). The lowest BCUT2D eigenvalue weighted by molar-refractivity contribution is -0.116. The van der Waals surface area contributed by atoms with Crippen molar-refractivity contribution >= 4 is 27.3 Å². The van der Waals surface area contributed by atoms with E-state index in [1.165, 1.54) is 44.6 Å². The molecule has 0 bridgehead atoms. The summed E-state index contributed by atoms with van der Waals surface area (Å²) in [6, 6.07) is 10.0. The van der Waals surface area contributed by atoms with Gasteiger partial charge in [0.1, 0.15) is 17.3 Å². The number of benzene rings is 2. The van der Waals surface area contributed by atoms with Crippen LogP contribution in [0.1, 0.15) is 6.42 Å². The number of methoxy groups -OCH3 is 2. The molecule has 0 aromatic heterocycles. The van der Waals surface area contributed by atoms with Gasteiger partial charge in [-0.25, -0.2) is 12.8 Å². The Morgan fingerprint density at radius 1 is 1.11 bits per heavy atom. The van der Waals surface area contributed by atoms with Crippen molar-refractivity contribution in [2.45, 2.75) is 6.42 Å². The van der Waals surface area contributed by atoms with Crippen molar-refractivity contribution in [1.29, 1.82) is 0 Å². The SMILES string of the molecule is COc1ccc(OC)c(N(CCC(=O)Nc2ccc(F)cc2)S(C)(=O)=O)c1. The summed E-state index contributed by atoms with van der Waals surface area (Å²) in [7, 11) is -0.793. The Hall–Kier alpha value is -2.81. The molecule has 2 aromatic carbocycles. The third-order valence-electron chi connectivity index (χ3n) is 3.72. The smallest absolute Gasteiger partial charge is 0.232 e. The van der Waals surface area contributed by atoms with Gasteiger partial charge >= 0.3 is 0 Å². The minimum Gasteiger partial charge on any atom is -0.497 e. The third kappa shape index (κ3) is 5.58. The molecule has 0 spiro atoms. The maximum atomic E-state index is 12.9. The average molecular weight is 396 g/mol. The third-order valence-corrected chi connectivity index (χ3v) is 4.90. The molecule has 0 saturated heterocycles. The van der Waals surface area contributed by atoms with Gasteiger partial charge in [-0.15, -0.1) is 0 Å². The van der Waals surface area contributed by atoms with Gasteiger partial charge in [-0.3, -0.25) is 9.10 Å². The summed E-state index contributed by atoms with van der Waals surface area (Å²) < 4.78 is 48.9. The maximum absolute atomic E-state index is 12.9. The van der Waals surface area contributed by atoms with Gasteiger partial charge in [-0.2, -0.15) is 0 Å². The molecule has 2 aromatic rings. The molecule has 0 radical (unpaired) electrons. The van der Waals surface area contributed by atoms with Crippen LogP contribution in [0.15, 0.2) is 42.5 Å². The lowest BCUT2D eigenvalue weighted by atomic mass is 10.2. The second-order valence-corrected chi connectivity index (χ2v) is 7.58. The predicted molar refractivity (Wildman–Crippen MR) is 101 cm³/mol. The van der Waals surface area contributed by atoms with E-state index in [1.807, 2.05) is 0 Å². The molecule has 0 unspecified atom stereocenters. The summed E-state index contributed by atoms with van der Waals surface area (Å²) >= 11 is 0. The highest BCUT2D eigenvalue weighted by Crippen LogP contribution is 2.33. The van der Waals surface area contributed by atoms with E-state index >= 15 is 0 Å². The van der Waals surface area contributed by atoms with Crippen molar-refractivity contribution in [2.24, 2.45) is 0 Å². The fourth-order valence-corrected chi connectivity index (χ4v) is 3.34. The lowest BCUT2D eigenvalue weighted by Crippen LogP contribution is -2.33. The number of halogens is 1. The van der Waals surface area contributed by atoms with Crippen LogP contribution in [-0.4, -0.2) is 41.3 Å². The van der Waals surface area contributed by atoms with Crippen LogP contribution in [0.3, 0.4) is 0 Å². The molecule has 0 heterocycles. The molecule has 27 heavy (non-hydrogen) atoms. The highest BCUT2D eigenvalue weighted by atomic mass is 32.2. The highest BCUT2D eigenvalue weighted by Gasteiger charge is 2.23.